The number of hydrogen-bond donors (Lipinski definition) is 1. The van der Waals surface area contributed by atoms with Crippen molar-refractivity contribution in [2.45, 2.75) is 0 Å². The van der Waals surface area contributed by atoms with E-state index in [0.29, 0.717) is 11.3 Å². The molecule has 0 spiro atoms. The molecule has 2 aromatic carbocycles. The van der Waals surface area contributed by atoms with Crippen molar-refractivity contribution in [1.29, 1.82) is 0 Å². The first-order chi connectivity index (χ1) is 12.6. The molecular weight excluding hydrogens is 357 g/mol. The van der Waals surface area contributed by atoms with Crippen molar-refractivity contribution in [3.05, 3.63) is 64.8 Å². The summed E-state index contributed by atoms with van der Waals surface area (Å²) in [5.41, 5.74) is 1.00. The molecule has 3 rings (SSSR count). The number of imide groups is 1. The fourth-order valence-corrected chi connectivity index (χ4v) is 3.56. The molecule has 0 fully saturated rings. The maximum atomic E-state index is 13.2. The lowest BCUT2D eigenvalue weighted by Crippen LogP contribution is -2.31. The van der Waals surface area contributed by atoms with Crippen LogP contribution in [0.2, 0.25) is 0 Å². The molecule has 0 aromatic heterocycles. The summed E-state index contributed by atoms with van der Waals surface area (Å²) in [6, 6.07) is 12.1. The Kier molecular flexibility index (Phi) is 5.39. The Labute approximate surface area is 154 Å². The van der Waals surface area contributed by atoms with E-state index in [0.717, 1.165) is 16.7 Å². The van der Waals surface area contributed by atoms with Crippen LogP contribution in [0.15, 0.2) is 53.4 Å². The highest BCUT2D eigenvalue weighted by molar-refractivity contribution is 8.04. The molecular formula is C19H16FNO4S. The van der Waals surface area contributed by atoms with E-state index in [4.69, 9.17) is 9.84 Å². The molecule has 1 N–H and O–H groups in total. The van der Waals surface area contributed by atoms with Gasteiger partial charge in [-0.15, -0.1) is 11.8 Å². The molecule has 5 nitrogen and oxygen atoms in total. The summed E-state index contributed by atoms with van der Waals surface area (Å²) in [5, 5.41) is 9.13. The Morgan fingerprint density at radius 1 is 1.08 bits per heavy atom. The Morgan fingerprint density at radius 3 is 2.42 bits per heavy atom. The molecule has 7 heteroatoms. The number of halogens is 1. The van der Waals surface area contributed by atoms with Crippen molar-refractivity contribution in [3.63, 3.8) is 0 Å². The van der Waals surface area contributed by atoms with Gasteiger partial charge in [-0.25, -0.2) is 9.29 Å². The summed E-state index contributed by atoms with van der Waals surface area (Å²) < 4.78 is 18.5. The summed E-state index contributed by atoms with van der Waals surface area (Å²) in [5.74, 6) is -0.732. The van der Waals surface area contributed by atoms with Crippen molar-refractivity contribution >= 4 is 34.8 Å². The van der Waals surface area contributed by atoms with Gasteiger partial charge in [0.15, 0.2) is 0 Å². The second-order valence-electron chi connectivity index (χ2n) is 5.40. The van der Waals surface area contributed by atoms with Crippen LogP contribution in [-0.4, -0.2) is 36.4 Å². The second-order valence-corrected chi connectivity index (χ2v) is 6.50. The number of nitrogens with zero attached hydrogens (tertiary/aromatic N) is 1. The Bertz CT molecular complexity index is 879. The lowest BCUT2D eigenvalue weighted by Gasteiger charge is -2.15. The first kappa shape index (κ1) is 18.2. The van der Waals surface area contributed by atoms with Crippen LogP contribution in [0.1, 0.15) is 5.56 Å². The van der Waals surface area contributed by atoms with Crippen LogP contribution in [0.3, 0.4) is 0 Å². The average molecular weight is 373 g/mol. The first-order valence-corrected chi connectivity index (χ1v) is 8.82. The molecule has 0 saturated heterocycles. The van der Waals surface area contributed by atoms with Crippen LogP contribution in [0.4, 0.5) is 10.1 Å². The van der Waals surface area contributed by atoms with E-state index >= 15 is 0 Å². The standard InChI is InChI=1S/C19H16FNO4S/c1-25-15-5-3-2-4-14(15)16-17(26-11-10-22)19(24)21(18(16)23)13-8-6-12(20)7-9-13/h2-9,22H,10-11H2,1H3. The highest BCUT2D eigenvalue weighted by Gasteiger charge is 2.41. The van der Waals surface area contributed by atoms with Gasteiger partial charge in [0.1, 0.15) is 11.6 Å². The highest BCUT2D eigenvalue weighted by atomic mass is 32.2. The number of benzene rings is 2. The fourth-order valence-electron chi connectivity index (χ4n) is 2.70. The molecule has 2 aromatic rings. The number of aliphatic hydroxyl groups excluding tert-OH is 1. The zero-order valence-corrected chi connectivity index (χ0v) is 14.8. The molecule has 1 heterocycles. The largest absolute Gasteiger partial charge is 0.496 e. The third kappa shape index (κ3) is 3.23. The number of carbonyl (C=O) groups excluding carboxylic acids is 2. The topological polar surface area (TPSA) is 66.8 Å². The van der Waals surface area contributed by atoms with Crippen LogP contribution in [0, 0.1) is 5.82 Å². The number of hydrogen-bond acceptors (Lipinski definition) is 5. The summed E-state index contributed by atoms with van der Waals surface area (Å²) >= 11 is 1.11. The van der Waals surface area contributed by atoms with Gasteiger partial charge in [-0.05, 0) is 30.3 Å². The Hall–Kier alpha value is -2.64. The third-order valence-electron chi connectivity index (χ3n) is 3.84. The predicted molar refractivity (Wildman–Crippen MR) is 98.4 cm³/mol. The zero-order valence-electron chi connectivity index (χ0n) is 13.9. The monoisotopic (exact) mass is 373 g/mol. The van der Waals surface area contributed by atoms with Gasteiger partial charge in [0.2, 0.25) is 0 Å². The van der Waals surface area contributed by atoms with Gasteiger partial charge in [0, 0.05) is 11.3 Å². The van der Waals surface area contributed by atoms with E-state index < -0.39 is 17.6 Å². The van der Waals surface area contributed by atoms with E-state index in [-0.39, 0.29) is 28.5 Å². The van der Waals surface area contributed by atoms with E-state index in [1.807, 2.05) is 0 Å². The predicted octanol–water partition coefficient (Wildman–Crippen LogP) is 2.84. The maximum absolute atomic E-state index is 13.2. The summed E-state index contributed by atoms with van der Waals surface area (Å²) in [7, 11) is 1.49. The van der Waals surface area contributed by atoms with Crippen LogP contribution in [0.25, 0.3) is 5.57 Å². The fraction of sp³-hybridized carbons (Fsp3) is 0.158. The molecule has 2 amide bonds. The molecule has 0 bridgehead atoms. The van der Waals surface area contributed by atoms with Crippen LogP contribution in [-0.2, 0) is 9.59 Å². The first-order valence-electron chi connectivity index (χ1n) is 7.84. The van der Waals surface area contributed by atoms with Crippen molar-refractivity contribution in [2.75, 3.05) is 24.4 Å². The number of amides is 2. The number of para-hydroxylation sites is 1. The van der Waals surface area contributed by atoms with E-state index in [2.05, 4.69) is 0 Å². The second kappa shape index (κ2) is 7.72. The third-order valence-corrected chi connectivity index (χ3v) is 4.89. The Morgan fingerprint density at radius 2 is 1.77 bits per heavy atom. The molecule has 0 aliphatic carbocycles. The smallest absolute Gasteiger partial charge is 0.272 e. The SMILES string of the molecule is COc1ccccc1C1=C(SCCO)C(=O)N(c2ccc(F)cc2)C1=O. The molecule has 0 radical (unpaired) electrons. The lowest BCUT2D eigenvalue weighted by atomic mass is 10.0. The van der Waals surface area contributed by atoms with Crippen molar-refractivity contribution < 1.29 is 23.8 Å². The zero-order chi connectivity index (χ0) is 18.7. The molecule has 26 heavy (non-hydrogen) atoms. The lowest BCUT2D eigenvalue weighted by molar-refractivity contribution is -0.119. The Balaban J connectivity index is 2.11. The van der Waals surface area contributed by atoms with Crippen LogP contribution < -0.4 is 9.64 Å². The van der Waals surface area contributed by atoms with Gasteiger partial charge < -0.3 is 9.84 Å². The minimum absolute atomic E-state index is 0.134. The minimum Gasteiger partial charge on any atom is -0.496 e. The van der Waals surface area contributed by atoms with Crippen molar-refractivity contribution in [3.8, 4) is 5.75 Å². The normalized spacial score (nSPS) is 14.3. The molecule has 1 aliphatic rings. The van der Waals surface area contributed by atoms with Gasteiger partial charge in [0.05, 0.1) is 29.9 Å². The number of thioether (sulfide) groups is 1. The molecule has 0 atom stereocenters. The van der Waals surface area contributed by atoms with Crippen molar-refractivity contribution in [2.24, 2.45) is 0 Å². The van der Waals surface area contributed by atoms with E-state index in [1.165, 1.54) is 31.4 Å². The van der Waals surface area contributed by atoms with Gasteiger partial charge in [0.25, 0.3) is 11.8 Å². The van der Waals surface area contributed by atoms with E-state index in [1.54, 1.807) is 24.3 Å². The van der Waals surface area contributed by atoms with Crippen molar-refractivity contribution in [1.82, 2.24) is 0 Å². The number of ether oxygens (including phenoxy) is 1. The summed E-state index contributed by atoms with van der Waals surface area (Å²) in [6.45, 7) is -0.134. The molecule has 1 aliphatic heterocycles. The van der Waals surface area contributed by atoms with Crippen LogP contribution >= 0.6 is 11.8 Å². The molecule has 0 unspecified atom stereocenters. The van der Waals surface area contributed by atoms with Gasteiger partial charge >= 0.3 is 0 Å². The number of aliphatic hydroxyl groups is 1. The quantitative estimate of drug-likeness (QED) is 0.789. The van der Waals surface area contributed by atoms with Gasteiger partial charge in [-0.1, -0.05) is 18.2 Å². The summed E-state index contributed by atoms with van der Waals surface area (Å²) in [4.78, 5) is 27.2. The molecule has 0 saturated carbocycles. The number of carbonyl (C=O) groups is 2. The van der Waals surface area contributed by atoms with Crippen LogP contribution in [0.5, 0.6) is 5.75 Å². The highest BCUT2D eigenvalue weighted by Crippen LogP contribution is 2.40. The number of rotatable bonds is 6. The average Bonchev–Trinajstić information content (AvgIpc) is 2.90. The molecule has 134 valence electrons. The minimum atomic E-state index is -0.508. The van der Waals surface area contributed by atoms with Gasteiger partial charge in [-0.2, -0.15) is 0 Å². The van der Waals surface area contributed by atoms with Gasteiger partial charge in [-0.3, -0.25) is 9.59 Å². The van der Waals surface area contributed by atoms with E-state index in [9.17, 15) is 14.0 Å². The number of anilines is 1. The summed E-state index contributed by atoms with van der Waals surface area (Å²) in [6.07, 6.45) is 0. The number of methoxy groups -OCH3 is 1. The maximum Gasteiger partial charge on any atom is 0.272 e.